The second kappa shape index (κ2) is 16.2. The van der Waals surface area contributed by atoms with Gasteiger partial charge in [-0.25, -0.2) is 4.79 Å². The van der Waals surface area contributed by atoms with Crippen molar-refractivity contribution in [2.45, 2.75) is 70.7 Å². The van der Waals surface area contributed by atoms with Crippen LogP contribution in [-0.2, 0) is 22.4 Å². The SMILES string of the molecule is Cc1ccnc(C)c1C(O)C(=O)N[C@@H](Cc1ccccc1)[C@@H](O)C[C@H](Cc1ccccc1)NC(=O)CC(C)CN1CCNC1=O. The van der Waals surface area contributed by atoms with E-state index in [1.807, 2.05) is 74.5 Å². The molecule has 0 spiro atoms. The summed E-state index contributed by atoms with van der Waals surface area (Å²) in [5, 5.41) is 31.4. The van der Waals surface area contributed by atoms with E-state index in [-0.39, 0.29) is 30.7 Å². The molecule has 4 amide bonds. The molecule has 5 N–H and O–H groups in total. The van der Waals surface area contributed by atoms with Gasteiger partial charge in [0, 0.05) is 49.6 Å². The molecule has 10 nitrogen and oxygen atoms in total. The summed E-state index contributed by atoms with van der Waals surface area (Å²) >= 11 is 0. The second-order valence-corrected chi connectivity index (χ2v) is 12.1. The number of carbonyl (C=O) groups excluding carboxylic acids is 3. The van der Waals surface area contributed by atoms with E-state index in [0.717, 1.165) is 16.7 Å². The van der Waals surface area contributed by atoms with Gasteiger partial charge in [-0.2, -0.15) is 0 Å². The molecule has 4 rings (SSSR count). The normalized spacial score (nSPS) is 16.3. The lowest BCUT2D eigenvalue weighted by Gasteiger charge is -2.30. The topological polar surface area (TPSA) is 144 Å². The van der Waals surface area contributed by atoms with Crippen molar-refractivity contribution in [3.05, 3.63) is 101 Å². The van der Waals surface area contributed by atoms with E-state index in [1.54, 1.807) is 24.1 Å². The molecule has 0 aliphatic carbocycles. The number of rotatable bonds is 15. The van der Waals surface area contributed by atoms with Gasteiger partial charge < -0.3 is 31.1 Å². The summed E-state index contributed by atoms with van der Waals surface area (Å²) in [5.41, 5.74) is 3.66. The molecule has 10 heteroatoms. The Morgan fingerprint density at radius 1 is 0.956 bits per heavy atom. The number of nitrogens with zero attached hydrogens (tertiary/aromatic N) is 2. The zero-order chi connectivity index (χ0) is 32.3. The van der Waals surface area contributed by atoms with Gasteiger partial charge >= 0.3 is 6.03 Å². The molecule has 0 radical (unpaired) electrons. The molecular weight excluding hydrogens is 570 g/mol. The predicted molar refractivity (Wildman–Crippen MR) is 172 cm³/mol. The van der Waals surface area contributed by atoms with Crippen molar-refractivity contribution in [1.29, 1.82) is 0 Å². The lowest BCUT2D eigenvalue weighted by Crippen LogP contribution is -2.50. The van der Waals surface area contributed by atoms with Crippen molar-refractivity contribution in [2.75, 3.05) is 19.6 Å². The number of amides is 4. The number of urea groups is 1. The van der Waals surface area contributed by atoms with E-state index in [2.05, 4.69) is 20.9 Å². The van der Waals surface area contributed by atoms with E-state index in [4.69, 9.17) is 0 Å². The number of aryl methyl sites for hydroxylation is 2. The van der Waals surface area contributed by atoms with Crippen LogP contribution in [0.2, 0.25) is 0 Å². The van der Waals surface area contributed by atoms with Gasteiger partial charge in [-0.05, 0) is 61.8 Å². The van der Waals surface area contributed by atoms with E-state index in [1.165, 1.54) is 0 Å². The molecule has 1 aliphatic heterocycles. The smallest absolute Gasteiger partial charge is 0.317 e. The third-order valence-electron chi connectivity index (χ3n) is 8.25. The van der Waals surface area contributed by atoms with Gasteiger partial charge in [0.2, 0.25) is 5.91 Å². The standard InChI is InChI=1S/C35H45N5O5/c1-23(22-40-17-16-37-35(40)45)18-31(42)38-28(19-26-10-6-4-7-11-26)21-30(41)29(20-27-12-8-5-9-13-27)39-34(44)33(43)32-24(2)14-15-36-25(32)3/h4-15,23,28-30,33,41,43H,16-22H2,1-3H3,(H,37,45)(H,38,42)(H,39,44)/t23?,28-,29-,30-,33?/m0/s1. The summed E-state index contributed by atoms with van der Waals surface area (Å²) in [5.74, 6) is -0.850. The number of aromatic nitrogens is 1. The Kier molecular flexibility index (Phi) is 12.1. The average molecular weight is 616 g/mol. The highest BCUT2D eigenvalue weighted by molar-refractivity contribution is 5.83. The maximum absolute atomic E-state index is 13.4. The van der Waals surface area contributed by atoms with Crippen molar-refractivity contribution in [1.82, 2.24) is 25.8 Å². The number of aliphatic hydroxyl groups excluding tert-OH is 2. The summed E-state index contributed by atoms with van der Waals surface area (Å²) in [4.78, 5) is 44.5. The molecule has 2 heterocycles. The minimum atomic E-state index is -1.46. The molecule has 0 saturated carbocycles. The molecular formula is C35H45N5O5. The van der Waals surface area contributed by atoms with Crippen LogP contribution in [0.5, 0.6) is 0 Å². The van der Waals surface area contributed by atoms with Crippen molar-refractivity contribution < 1.29 is 24.6 Å². The lowest BCUT2D eigenvalue weighted by molar-refractivity contribution is -0.131. The van der Waals surface area contributed by atoms with Crippen LogP contribution in [0.3, 0.4) is 0 Å². The molecule has 2 unspecified atom stereocenters. The Balaban J connectivity index is 1.49. The van der Waals surface area contributed by atoms with Crippen LogP contribution < -0.4 is 16.0 Å². The van der Waals surface area contributed by atoms with Crippen LogP contribution in [0.4, 0.5) is 4.79 Å². The fraction of sp³-hybridized carbons (Fsp3) is 0.429. The largest absolute Gasteiger partial charge is 0.391 e. The predicted octanol–water partition coefficient (Wildman–Crippen LogP) is 2.99. The third kappa shape index (κ3) is 9.86. The monoisotopic (exact) mass is 615 g/mol. The van der Waals surface area contributed by atoms with Gasteiger partial charge in [-0.3, -0.25) is 14.6 Å². The highest BCUT2D eigenvalue weighted by atomic mass is 16.3. The van der Waals surface area contributed by atoms with Crippen LogP contribution in [0.15, 0.2) is 72.9 Å². The summed E-state index contributed by atoms with van der Waals surface area (Å²) in [6.45, 7) is 7.20. The summed E-state index contributed by atoms with van der Waals surface area (Å²) in [6, 6.07) is 19.7. The molecule has 2 aromatic carbocycles. The van der Waals surface area contributed by atoms with Crippen molar-refractivity contribution >= 4 is 17.8 Å². The minimum Gasteiger partial charge on any atom is -0.391 e. The van der Waals surface area contributed by atoms with Crippen LogP contribution in [0, 0.1) is 19.8 Å². The number of hydrogen-bond acceptors (Lipinski definition) is 6. The summed E-state index contributed by atoms with van der Waals surface area (Å²) < 4.78 is 0. The van der Waals surface area contributed by atoms with Gasteiger partial charge in [0.1, 0.15) is 0 Å². The zero-order valence-corrected chi connectivity index (χ0v) is 26.3. The van der Waals surface area contributed by atoms with Gasteiger partial charge in [0.25, 0.3) is 5.91 Å². The van der Waals surface area contributed by atoms with Gasteiger partial charge in [-0.15, -0.1) is 0 Å². The molecule has 45 heavy (non-hydrogen) atoms. The molecule has 3 aromatic rings. The lowest BCUT2D eigenvalue weighted by atomic mass is 9.92. The van der Waals surface area contributed by atoms with E-state index in [0.29, 0.717) is 43.7 Å². The first-order valence-electron chi connectivity index (χ1n) is 15.6. The highest BCUT2D eigenvalue weighted by Crippen LogP contribution is 2.22. The van der Waals surface area contributed by atoms with Crippen molar-refractivity contribution in [3.63, 3.8) is 0 Å². The van der Waals surface area contributed by atoms with Crippen LogP contribution in [0.1, 0.15) is 53.8 Å². The Labute approximate surface area is 265 Å². The van der Waals surface area contributed by atoms with Crippen LogP contribution >= 0.6 is 0 Å². The van der Waals surface area contributed by atoms with Crippen molar-refractivity contribution in [3.8, 4) is 0 Å². The van der Waals surface area contributed by atoms with E-state index in [9.17, 15) is 24.6 Å². The number of aliphatic hydroxyl groups is 2. The fourth-order valence-corrected chi connectivity index (χ4v) is 5.94. The fourth-order valence-electron chi connectivity index (χ4n) is 5.94. The second-order valence-electron chi connectivity index (χ2n) is 12.1. The Morgan fingerprint density at radius 3 is 2.20 bits per heavy atom. The first kappa shape index (κ1) is 33.6. The molecule has 1 aromatic heterocycles. The number of hydrogen-bond donors (Lipinski definition) is 5. The summed E-state index contributed by atoms with van der Waals surface area (Å²) in [6.07, 6.45) is 0.335. The quantitative estimate of drug-likeness (QED) is 0.178. The summed E-state index contributed by atoms with van der Waals surface area (Å²) in [7, 11) is 0. The maximum atomic E-state index is 13.4. The van der Waals surface area contributed by atoms with Crippen LogP contribution in [-0.4, -0.2) is 75.8 Å². The van der Waals surface area contributed by atoms with Gasteiger partial charge in [0.15, 0.2) is 6.10 Å². The molecule has 240 valence electrons. The third-order valence-corrected chi connectivity index (χ3v) is 8.25. The maximum Gasteiger partial charge on any atom is 0.317 e. The molecule has 1 fully saturated rings. The zero-order valence-electron chi connectivity index (χ0n) is 26.3. The average Bonchev–Trinajstić information content (AvgIpc) is 3.41. The molecule has 1 saturated heterocycles. The first-order valence-corrected chi connectivity index (χ1v) is 15.6. The number of pyridine rings is 1. The van der Waals surface area contributed by atoms with E-state index >= 15 is 0 Å². The number of nitrogens with one attached hydrogen (secondary N) is 3. The Hall–Kier alpha value is -4.28. The van der Waals surface area contributed by atoms with Gasteiger partial charge in [0.05, 0.1) is 12.1 Å². The van der Waals surface area contributed by atoms with Crippen LogP contribution in [0.25, 0.3) is 0 Å². The molecule has 1 aliphatic rings. The Morgan fingerprint density at radius 2 is 1.60 bits per heavy atom. The highest BCUT2D eigenvalue weighted by Gasteiger charge is 2.30. The molecule has 0 bridgehead atoms. The number of benzene rings is 2. The molecule has 5 atom stereocenters. The van der Waals surface area contributed by atoms with E-state index < -0.39 is 30.2 Å². The minimum absolute atomic E-state index is 0.0536. The Bertz CT molecular complexity index is 1400. The number of carbonyl (C=O) groups is 3. The van der Waals surface area contributed by atoms with Gasteiger partial charge in [-0.1, -0.05) is 67.6 Å². The van der Waals surface area contributed by atoms with Crippen molar-refractivity contribution in [2.24, 2.45) is 5.92 Å². The first-order chi connectivity index (χ1) is 21.6.